The summed E-state index contributed by atoms with van der Waals surface area (Å²) in [6.07, 6.45) is 7.26. The number of carbonyl (C=O) groups is 3. The van der Waals surface area contributed by atoms with Crippen molar-refractivity contribution in [3.63, 3.8) is 0 Å². The van der Waals surface area contributed by atoms with Gasteiger partial charge in [0.25, 0.3) is 0 Å². The number of likely N-dealkylation sites (tertiary alicyclic amines) is 1. The number of ether oxygens (including phenoxy) is 1. The minimum atomic E-state index is -1.13. The molecular weight excluding hydrogens is 506 g/mol. The van der Waals surface area contributed by atoms with Gasteiger partial charge in [-0.25, -0.2) is 0 Å². The Kier molecular flexibility index (Phi) is 9.20. The quantitative estimate of drug-likeness (QED) is 0.354. The van der Waals surface area contributed by atoms with Gasteiger partial charge in [-0.15, -0.1) is 13.2 Å². The fourth-order valence-corrected chi connectivity index (χ4v) is 7.31. The number of para-hydroxylation sites is 1. The summed E-state index contributed by atoms with van der Waals surface area (Å²) in [7, 11) is 0. The van der Waals surface area contributed by atoms with Crippen molar-refractivity contribution in [3.8, 4) is 0 Å². The van der Waals surface area contributed by atoms with E-state index in [0.29, 0.717) is 38.8 Å². The van der Waals surface area contributed by atoms with E-state index < -0.39 is 35.1 Å². The molecule has 0 saturated carbocycles. The van der Waals surface area contributed by atoms with E-state index in [2.05, 4.69) is 20.1 Å². The van der Waals surface area contributed by atoms with Gasteiger partial charge in [0.05, 0.1) is 30.1 Å². The molecule has 2 unspecified atom stereocenters. The highest BCUT2D eigenvalue weighted by atomic mass is 16.5. The first-order valence-electron chi connectivity index (χ1n) is 14.8. The molecule has 3 fully saturated rings. The first-order chi connectivity index (χ1) is 19.3. The van der Waals surface area contributed by atoms with Crippen LogP contribution in [0.25, 0.3) is 0 Å². The summed E-state index contributed by atoms with van der Waals surface area (Å²) in [4.78, 5) is 48.4. The van der Waals surface area contributed by atoms with Crippen molar-refractivity contribution >= 4 is 23.4 Å². The number of hydrogen-bond donors (Lipinski definition) is 1. The van der Waals surface area contributed by atoms with Gasteiger partial charge >= 0.3 is 0 Å². The Morgan fingerprint density at radius 3 is 2.40 bits per heavy atom. The van der Waals surface area contributed by atoms with Crippen LogP contribution in [-0.4, -0.2) is 82.2 Å². The predicted octanol–water partition coefficient (Wildman–Crippen LogP) is 3.95. The summed E-state index contributed by atoms with van der Waals surface area (Å²) in [5.74, 6) is -2.21. The van der Waals surface area contributed by atoms with E-state index in [1.165, 1.54) is 0 Å². The average molecular weight is 552 g/mol. The molecule has 3 amide bonds. The largest absolute Gasteiger partial charge is 0.394 e. The van der Waals surface area contributed by atoms with Gasteiger partial charge in [-0.3, -0.25) is 14.4 Å². The number of carbonyl (C=O) groups excluding carboxylic acids is 3. The topological polar surface area (TPSA) is 90.4 Å². The number of rotatable bonds is 14. The number of amides is 3. The third-order valence-corrected chi connectivity index (χ3v) is 9.28. The number of anilines is 1. The summed E-state index contributed by atoms with van der Waals surface area (Å²) in [5, 5.41) is 10.3. The van der Waals surface area contributed by atoms with Gasteiger partial charge in [-0.2, -0.15) is 0 Å². The zero-order chi connectivity index (χ0) is 29.1. The molecule has 6 atom stereocenters. The van der Waals surface area contributed by atoms with Crippen LogP contribution in [0.4, 0.5) is 5.69 Å². The molecule has 3 aliphatic rings. The zero-order valence-corrected chi connectivity index (χ0v) is 24.3. The number of fused-ring (bicyclic) bond motifs is 1. The van der Waals surface area contributed by atoms with E-state index in [4.69, 9.17) is 4.74 Å². The van der Waals surface area contributed by atoms with Crippen molar-refractivity contribution in [1.82, 2.24) is 9.80 Å². The lowest BCUT2D eigenvalue weighted by molar-refractivity contribution is -0.156. The lowest BCUT2D eigenvalue weighted by Crippen LogP contribution is -2.59. The SMILES string of the molecule is C=CCN(CCCC)C(=O)C1N([C@@H](CC)CO)C(=O)[C@@H]2[C@@H](C(=O)N(CC=C)c3ccccc3)[C@@]3(CC)CCC12O3. The Bertz CT molecular complexity index is 1110. The molecule has 8 heteroatoms. The number of hydrogen-bond acceptors (Lipinski definition) is 5. The van der Waals surface area contributed by atoms with Crippen LogP contribution in [0.3, 0.4) is 0 Å². The lowest BCUT2D eigenvalue weighted by Gasteiger charge is -2.39. The Morgan fingerprint density at radius 1 is 1.12 bits per heavy atom. The van der Waals surface area contributed by atoms with Crippen LogP contribution in [0.15, 0.2) is 55.6 Å². The maximum absolute atomic E-state index is 14.5. The van der Waals surface area contributed by atoms with E-state index >= 15 is 0 Å². The molecule has 3 heterocycles. The fraction of sp³-hybridized carbons (Fsp3) is 0.594. The number of aliphatic hydroxyl groups is 1. The van der Waals surface area contributed by atoms with E-state index in [9.17, 15) is 19.5 Å². The van der Waals surface area contributed by atoms with Crippen molar-refractivity contribution in [3.05, 3.63) is 55.6 Å². The average Bonchev–Trinajstić information content (AvgIpc) is 3.58. The minimum Gasteiger partial charge on any atom is -0.394 e. The fourth-order valence-electron chi connectivity index (χ4n) is 7.31. The summed E-state index contributed by atoms with van der Waals surface area (Å²) in [5.41, 5.74) is -1.25. The monoisotopic (exact) mass is 551 g/mol. The van der Waals surface area contributed by atoms with Crippen LogP contribution in [0.5, 0.6) is 0 Å². The highest BCUT2D eigenvalue weighted by Crippen LogP contribution is 2.65. The number of benzene rings is 1. The van der Waals surface area contributed by atoms with E-state index in [0.717, 1.165) is 18.5 Å². The number of unbranched alkanes of at least 4 members (excludes halogenated alkanes) is 1. The highest BCUT2D eigenvalue weighted by Gasteiger charge is 2.79. The predicted molar refractivity (Wildman–Crippen MR) is 156 cm³/mol. The van der Waals surface area contributed by atoms with Crippen LogP contribution in [-0.2, 0) is 19.1 Å². The summed E-state index contributed by atoms with van der Waals surface area (Å²) in [6, 6.07) is 7.94. The molecule has 4 rings (SSSR count). The normalized spacial score (nSPS) is 29.2. The van der Waals surface area contributed by atoms with Crippen LogP contribution in [0, 0.1) is 11.8 Å². The molecule has 0 aliphatic carbocycles. The van der Waals surface area contributed by atoms with E-state index in [-0.39, 0.29) is 30.9 Å². The van der Waals surface area contributed by atoms with Crippen molar-refractivity contribution in [2.75, 3.05) is 31.1 Å². The standard InChI is InChI=1S/C32H45N3O5/c1-6-11-21-33(19-7-2)30(39)27-32-18-17-31(10-5,40-32)25(26(32)29(38)35(27)23(9-4)22-36)28(37)34(20-8-3)24-15-13-12-14-16-24/h7-8,12-16,23,25-27,36H,2-3,6,9-11,17-22H2,1,4-5H3/t23-,25-,26-,27?,31+,32?/m0/s1. The van der Waals surface area contributed by atoms with Gasteiger partial charge in [0.2, 0.25) is 17.7 Å². The van der Waals surface area contributed by atoms with Crippen LogP contribution in [0.1, 0.15) is 59.3 Å². The Morgan fingerprint density at radius 2 is 1.82 bits per heavy atom. The highest BCUT2D eigenvalue weighted by molar-refractivity contribution is 6.03. The molecule has 3 saturated heterocycles. The Hall–Kier alpha value is -2.97. The van der Waals surface area contributed by atoms with Crippen LogP contribution >= 0.6 is 0 Å². The Labute approximate surface area is 238 Å². The number of nitrogens with zero attached hydrogens (tertiary/aromatic N) is 3. The van der Waals surface area contributed by atoms with E-state index in [1.807, 2.05) is 44.2 Å². The second kappa shape index (κ2) is 12.3. The van der Waals surface area contributed by atoms with Gasteiger partial charge < -0.3 is 24.5 Å². The molecule has 218 valence electrons. The van der Waals surface area contributed by atoms with Gasteiger partial charge in [0.15, 0.2) is 0 Å². The summed E-state index contributed by atoms with van der Waals surface area (Å²) >= 11 is 0. The molecule has 1 aromatic carbocycles. The molecule has 40 heavy (non-hydrogen) atoms. The third-order valence-electron chi connectivity index (χ3n) is 9.28. The van der Waals surface area contributed by atoms with Crippen molar-refractivity contribution in [2.45, 2.75) is 82.6 Å². The van der Waals surface area contributed by atoms with Gasteiger partial charge in [0, 0.05) is 25.3 Å². The molecule has 1 spiro atoms. The molecule has 1 aromatic rings. The lowest BCUT2D eigenvalue weighted by atomic mass is 9.64. The number of aliphatic hydroxyl groups excluding tert-OH is 1. The van der Waals surface area contributed by atoms with Crippen LogP contribution < -0.4 is 4.90 Å². The first-order valence-corrected chi connectivity index (χ1v) is 14.8. The van der Waals surface area contributed by atoms with Crippen molar-refractivity contribution in [1.29, 1.82) is 0 Å². The third kappa shape index (κ3) is 4.69. The maximum Gasteiger partial charge on any atom is 0.248 e. The smallest absolute Gasteiger partial charge is 0.248 e. The molecule has 3 aliphatic heterocycles. The molecule has 0 radical (unpaired) electrons. The van der Waals surface area contributed by atoms with Gasteiger partial charge in [-0.1, -0.05) is 57.5 Å². The summed E-state index contributed by atoms with van der Waals surface area (Å²) in [6.45, 7) is 14.6. The Balaban J connectivity index is 1.84. The summed E-state index contributed by atoms with van der Waals surface area (Å²) < 4.78 is 6.93. The minimum absolute atomic E-state index is 0.188. The molecule has 8 nitrogen and oxygen atoms in total. The van der Waals surface area contributed by atoms with Gasteiger partial charge in [-0.05, 0) is 44.2 Å². The zero-order valence-electron chi connectivity index (χ0n) is 24.3. The first kappa shape index (κ1) is 30.0. The maximum atomic E-state index is 14.5. The molecule has 1 N–H and O–H groups in total. The second-order valence-electron chi connectivity index (χ2n) is 11.3. The van der Waals surface area contributed by atoms with Crippen molar-refractivity contribution in [2.24, 2.45) is 11.8 Å². The van der Waals surface area contributed by atoms with Crippen LogP contribution in [0.2, 0.25) is 0 Å². The van der Waals surface area contributed by atoms with Crippen molar-refractivity contribution < 1.29 is 24.2 Å². The molecule has 2 bridgehead atoms. The van der Waals surface area contributed by atoms with E-state index in [1.54, 1.807) is 26.9 Å². The second-order valence-corrected chi connectivity index (χ2v) is 11.3. The molecule has 0 aromatic heterocycles. The van der Waals surface area contributed by atoms with Gasteiger partial charge in [0.1, 0.15) is 11.6 Å². The molecular formula is C32H45N3O5.